The Morgan fingerprint density at radius 1 is 1.29 bits per heavy atom. The van der Waals surface area contributed by atoms with E-state index in [2.05, 4.69) is 0 Å². The highest BCUT2D eigenvalue weighted by Gasteiger charge is 2.27. The van der Waals surface area contributed by atoms with Crippen molar-refractivity contribution in [2.75, 3.05) is 12.8 Å². The Balaban J connectivity index is 3.16. The van der Waals surface area contributed by atoms with Crippen LogP contribution in [0.1, 0.15) is 37.6 Å². The first-order valence-electron chi connectivity index (χ1n) is 6.74. The zero-order valence-electron chi connectivity index (χ0n) is 12.8. The summed E-state index contributed by atoms with van der Waals surface area (Å²) in [6, 6.07) is 3.83. The van der Waals surface area contributed by atoms with E-state index in [4.69, 9.17) is 11.5 Å². The molecule has 7 heteroatoms. The van der Waals surface area contributed by atoms with Crippen molar-refractivity contribution in [3.63, 3.8) is 0 Å². The fourth-order valence-corrected chi connectivity index (χ4v) is 3.63. The third kappa shape index (κ3) is 3.95. The number of sulfonamides is 1. The molecule has 0 heterocycles. The number of nitrogens with two attached hydrogens (primary N) is 2. The lowest BCUT2D eigenvalue weighted by Crippen LogP contribution is -2.36. The van der Waals surface area contributed by atoms with Crippen molar-refractivity contribution < 1.29 is 13.2 Å². The number of nitrogen functional groups attached to an aromatic ring is 1. The molecular weight excluding hydrogens is 290 g/mol. The Morgan fingerprint density at radius 3 is 2.29 bits per heavy atom. The first kappa shape index (κ1) is 17.5. The predicted octanol–water partition coefficient (Wildman–Crippen LogP) is 1.42. The number of rotatable bonds is 6. The van der Waals surface area contributed by atoms with Crippen LogP contribution in [0.3, 0.4) is 0 Å². The topological polar surface area (TPSA) is 106 Å². The maximum Gasteiger partial charge on any atom is 0.248 e. The van der Waals surface area contributed by atoms with E-state index in [1.54, 1.807) is 0 Å². The van der Waals surface area contributed by atoms with Crippen LogP contribution < -0.4 is 11.5 Å². The minimum absolute atomic E-state index is 0.00870. The number of amides is 1. The van der Waals surface area contributed by atoms with Gasteiger partial charge in [0.05, 0.1) is 5.69 Å². The summed E-state index contributed by atoms with van der Waals surface area (Å²) in [5.74, 6) is -0.264. The molecule has 0 saturated carbocycles. The highest BCUT2D eigenvalue weighted by molar-refractivity contribution is 7.89. The average Bonchev–Trinajstić information content (AvgIpc) is 2.36. The molecule has 1 aromatic carbocycles. The first-order chi connectivity index (χ1) is 9.57. The number of hydrogen-bond acceptors (Lipinski definition) is 4. The smallest absolute Gasteiger partial charge is 0.248 e. The minimum atomic E-state index is -3.70. The standard InChI is InChI=1S/C14H23N3O3S/c1-9(2)7-10(3)17(4)21(19,20)13-6-5-11(14(16)18)8-12(13)15/h5-6,8-10H,7,15H2,1-4H3,(H2,16,18). The molecule has 21 heavy (non-hydrogen) atoms. The third-order valence-corrected chi connectivity index (χ3v) is 5.43. The summed E-state index contributed by atoms with van der Waals surface area (Å²) in [4.78, 5) is 11.1. The van der Waals surface area contributed by atoms with Crippen molar-refractivity contribution in [2.24, 2.45) is 11.7 Å². The monoisotopic (exact) mass is 313 g/mol. The Hall–Kier alpha value is -1.60. The lowest BCUT2D eigenvalue weighted by atomic mass is 10.1. The number of carbonyl (C=O) groups excluding carboxylic acids is 1. The molecule has 0 aromatic heterocycles. The molecule has 0 fully saturated rings. The SMILES string of the molecule is CC(C)CC(C)N(C)S(=O)(=O)c1ccc(C(N)=O)cc1N. The lowest BCUT2D eigenvalue weighted by Gasteiger charge is -2.26. The summed E-state index contributed by atoms with van der Waals surface area (Å²) < 4.78 is 26.5. The number of benzene rings is 1. The summed E-state index contributed by atoms with van der Waals surface area (Å²) in [5, 5.41) is 0. The average molecular weight is 313 g/mol. The fourth-order valence-electron chi connectivity index (χ4n) is 2.16. The maximum atomic E-state index is 12.6. The summed E-state index contributed by atoms with van der Waals surface area (Å²) in [7, 11) is -2.17. The Morgan fingerprint density at radius 2 is 1.86 bits per heavy atom. The van der Waals surface area contributed by atoms with Gasteiger partial charge in [0, 0.05) is 18.7 Å². The molecule has 0 aliphatic heterocycles. The number of primary amides is 1. The highest BCUT2D eigenvalue weighted by atomic mass is 32.2. The van der Waals surface area contributed by atoms with Crippen LogP contribution in [0.2, 0.25) is 0 Å². The van der Waals surface area contributed by atoms with Crippen LogP contribution in [-0.2, 0) is 10.0 Å². The van der Waals surface area contributed by atoms with Crippen molar-refractivity contribution in [2.45, 2.75) is 38.1 Å². The fraction of sp³-hybridized carbons (Fsp3) is 0.500. The Bertz CT molecular complexity index is 626. The van der Waals surface area contributed by atoms with Gasteiger partial charge in [-0.3, -0.25) is 4.79 Å². The summed E-state index contributed by atoms with van der Waals surface area (Å²) in [6.45, 7) is 5.92. The molecular formula is C14H23N3O3S. The van der Waals surface area contributed by atoms with Gasteiger partial charge in [0.25, 0.3) is 0 Å². The van der Waals surface area contributed by atoms with E-state index < -0.39 is 15.9 Å². The van der Waals surface area contributed by atoms with Crippen LogP contribution >= 0.6 is 0 Å². The van der Waals surface area contributed by atoms with E-state index >= 15 is 0 Å². The minimum Gasteiger partial charge on any atom is -0.398 e. The second-order valence-corrected chi connectivity index (χ2v) is 7.58. The van der Waals surface area contributed by atoms with Crippen LogP contribution in [0.15, 0.2) is 23.1 Å². The van der Waals surface area contributed by atoms with Crippen LogP contribution in [0.4, 0.5) is 5.69 Å². The zero-order chi connectivity index (χ0) is 16.4. The van der Waals surface area contributed by atoms with Crippen molar-refractivity contribution in [3.05, 3.63) is 23.8 Å². The van der Waals surface area contributed by atoms with Crippen molar-refractivity contribution in [3.8, 4) is 0 Å². The Kier molecular flexibility index (Phi) is 5.36. The van der Waals surface area contributed by atoms with Crippen molar-refractivity contribution >= 4 is 21.6 Å². The molecule has 1 atom stereocenters. The molecule has 4 N–H and O–H groups in total. The molecule has 1 rings (SSSR count). The quantitative estimate of drug-likeness (QED) is 0.774. The van der Waals surface area contributed by atoms with Crippen molar-refractivity contribution in [1.82, 2.24) is 4.31 Å². The van der Waals surface area contributed by atoms with Crippen LogP contribution in [0, 0.1) is 5.92 Å². The predicted molar refractivity (Wildman–Crippen MR) is 83.2 cm³/mol. The summed E-state index contributed by atoms with van der Waals surface area (Å²) in [5.41, 5.74) is 11.1. The molecule has 0 spiro atoms. The second-order valence-electron chi connectivity index (χ2n) is 5.62. The van der Waals surface area contributed by atoms with E-state index in [0.29, 0.717) is 5.92 Å². The van der Waals surface area contributed by atoms with Crippen molar-refractivity contribution in [1.29, 1.82) is 0 Å². The van der Waals surface area contributed by atoms with Crippen LogP contribution in [0.25, 0.3) is 0 Å². The van der Waals surface area contributed by atoms with Gasteiger partial charge in [-0.1, -0.05) is 13.8 Å². The molecule has 0 bridgehead atoms. The number of anilines is 1. The number of hydrogen-bond donors (Lipinski definition) is 2. The van der Waals surface area contributed by atoms with Crippen LogP contribution in [0.5, 0.6) is 0 Å². The van der Waals surface area contributed by atoms with Gasteiger partial charge in [-0.25, -0.2) is 8.42 Å². The van der Waals surface area contributed by atoms with Gasteiger partial charge in [-0.05, 0) is 37.5 Å². The van der Waals surface area contributed by atoms with E-state index in [1.165, 1.54) is 29.6 Å². The molecule has 0 saturated heterocycles. The first-order valence-corrected chi connectivity index (χ1v) is 8.18. The molecule has 0 aliphatic carbocycles. The zero-order valence-corrected chi connectivity index (χ0v) is 13.6. The van der Waals surface area contributed by atoms with Gasteiger partial charge < -0.3 is 11.5 Å². The third-order valence-electron chi connectivity index (χ3n) is 3.38. The molecule has 1 unspecified atom stereocenters. The van der Waals surface area contributed by atoms with Crippen LogP contribution in [-0.4, -0.2) is 31.7 Å². The summed E-state index contributed by atoms with van der Waals surface area (Å²) >= 11 is 0. The normalized spacial score (nSPS) is 13.6. The van der Waals surface area contributed by atoms with Gasteiger partial charge in [-0.15, -0.1) is 0 Å². The van der Waals surface area contributed by atoms with Gasteiger partial charge in [-0.2, -0.15) is 4.31 Å². The molecule has 1 aromatic rings. The highest BCUT2D eigenvalue weighted by Crippen LogP contribution is 2.25. The van der Waals surface area contributed by atoms with E-state index in [1.807, 2.05) is 20.8 Å². The number of carbonyl (C=O) groups is 1. The molecule has 0 radical (unpaired) electrons. The van der Waals surface area contributed by atoms with E-state index in [0.717, 1.165) is 6.42 Å². The van der Waals surface area contributed by atoms with Gasteiger partial charge in [0.2, 0.25) is 15.9 Å². The molecule has 1 amide bonds. The van der Waals surface area contributed by atoms with E-state index in [9.17, 15) is 13.2 Å². The molecule has 118 valence electrons. The Labute approximate surface area is 126 Å². The van der Waals surface area contributed by atoms with E-state index in [-0.39, 0.29) is 22.2 Å². The lowest BCUT2D eigenvalue weighted by molar-refractivity contribution is 0.1000. The van der Waals surface area contributed by atoms with Gasteiger partial charge in [0.15, 0.2) is 0 Å². The van der Waals surface area contributed by atoms with Gasteiger partial charge >= 0.3 is 0 Å². The molecule has 0 aliphatic rings. The summed E-state index contributed by atoms with van der Waals surface area (Å²) in [6.07, 6.45) is 0.745. The maximum absolute atomic E-state index is 12.6. The molecule has 6 nitrogen and oxygen atoms in total. The van der Waals surface area contributed by atoms with Gasteiger partial charge in [0.1, 0.15) is 4.90 Å². The largest absolute Gasteiger partial charge is 0.398 e. The number of nitrogens with zero attached hydrogens (tertiary/aromatic N) is 1. The second kappa shape index (κ2) is 6.44.